The fourth-order valence-corrected chi connectivity index (χ4v) is 5.66. The van der Waals surface area contributed by atoms with E-state index in [1.807, 2.05) is 38.1 Å². The van der Waals surface area contributed by atoms with E-state index < -0.39 is 0 Å². The lowest BCUT2D eigenvalue weighted by Crippen LogP contribution is -2.22. The molecule has 1 aliphatic rings. The van der Waals surface area contributed by atoms with Crippen molar-refractivity contribution in [3.8, 4) is 5.75 Å². The molecule has 4 rings (SSSR count). The predicted octanol–water partition coefficient (Wildman–Crippen LogP) is 5.09. The van der Waals surface area contributed by atoms with Crippen LogP contribution in [0.15, 0.2) is 35.6 Å². The molecule has 0 saturated heterocycles. The first-order valence-electron chi connectivity index (χ1n) is 9.61. The number of hydrogen-bond donors (Lipinski definition) is 1. The van der Waals surface area contributed by atoms with Gasteiger partial charge in [0.15, 0.2) is 0 Å². The number of thiophene rings is 1. The first-order valence-corrected chi connectivity index (χ1v) is 11.3. The highest BCUT2D eigenvalue weighted by molar-refractivity contribution is 8.00. The number of aromatic nitrogens is 2. The first kappa shape index (κ1) is 19.2. The van der Waals surface area contributed by atoms with Crippen molar-refractivity contribution in [2.45, 2.75) is 49.8 Å². The van der Waals surface area contributed by atoms with E-state index in [1.165, 1.54) is 35.0 Å². The normalized spacial score (nSPS) is 14.5. The number of carbonyl (C=O) groups excluding carboxylic acids is 1. The molecule has 3 aromatic rings. The summed E-state index contributed by atoms with van der Waals surface area (Å²) in [6.45, 7) is 4.49. The maximum Gasteiger partial charge on any atom is 0.237 e. The molecule has 0 bridgehead atoms. The number of nitrogens with zero attached hydrogens (tertiary/aromatic N) is 2. The summed E-state index contributed by atoms with van der Waals surface area (Å²) < 4.78 is 5.44. The molecule has 0 fully saturated rings. The second-order valence-electron chi connectivity index (χ2n) is 6.78. The number of fused-ring (bicyclic) bond motifs is 3. The van der Waals surface area contributed by atoms with Crippen molar-refractivity contribution in [1.29, 1.82) is 0 Å². The van der Waals surface area contributed by atoms with Gasteiger partial charge in [-0.2, -0.15) is 0 Å². The maximum absolute atomic E-state index is 12.7. The third kappa shape index (κ3) is 4.00. The summed E-state index contributed by atoms with van der Waals surface area (Å²) in [4.78, 5) is 24.2. The zero-order valence-electron chi connectivity index (χ0n) is 16.0. The maximum atomic E-state index is 12.7. The van der Waals surface area contributed by atoms with Gasteiger partial charge in [-0.3, -0.25) is 4.79 Å². The summed E-state index contributed by atoms with van der Waals surface area (Å²) in [5.41, 5.74) is 2.16. The lowest BCUT2D eigenvalue weighted by molar-refractivity contribution is -0.115. The Hall–Kier alpha value is -2.12. The molecule has 0 aliphatic heterocycles. The van der Waals surface area contributed by atoms with E-state index in [2.05, 4.69) is 15.3 Å². The number of aryl methyl sites for hydroxylation is 2. The van der Waals surface area contributed by atoms with Crippen LogP contribution >= 0.6 is 23.1 Å². The van der Waals surface area contributed by atoms with Gasteiger partial charge < -0.3 is 10.1 Å². The van der Waals surface area contributed by atoms with Crippen LogP contribution in [0.25, 0.3) is 10.2 Å². The monoisotopic (exact) mass is 413 g/mol. The minimum Gasteiger partial charge on any atom is -0.494 e. The third-order valence-electron chi connectivity index (χ3n) is 4.81. The van der Waals surface area contributed by atoms with Crippen molar-refractivity contribution < 1.29 is 9.53 Å². The Labute approximate surface area is 172 Å². The Morgan fingerprint density at radius 2 is 2.04 bits per heavy atom. The Morgan fingerprint density at radius 3 is 2.82 bits per heavy atom. The molecule has 0 unspecified atom stereocenters. The minimum atomic E-state index is -0.260. The number of ether oxygens (including phenoxy) is 1. The van der Waals surface area contributed by atoms with Crippen molar-refractivity contribution in [3.63, 3.8) is 0 Å². The lowest BCUT2D eigenvalue weighted by atomic mass is 9.97. The average molecular weight is 414 g/mol. The highest BCUT2D eigenvalue weighted by Crippen LogP contribution is 2.40. The standard InChI is InChI=1S/C21H23N3O2S2/c1-3-26-15-10-8-14(9-11-15)24-19(25)13(2)27-20-18-16-6-4-5-7-17(16)28-21(18)23-12-22-20/h8-13H,3-7H2,1-2H3,(H,24,25)/t13-/m1/s1. The summed E-state index contributed by atoms with van der Waals surface area (Å²) in [6.07, 6.45) is 6.29. The zero-order chi connectivity index (χ0) is 19.5. The molecule has 146 valence electrons. The molecule has 2 heterocycles. The van der Waals surface area contributed by atoms with Gasteiger partial charge in [0, 0.05) is 16.0 Å². The minimum absolute atomic E-state index is 0.0370. The fourth-order valence-electron chi connectivity index (χ4n) is 3.42. The summed E-state index contributed by atoms with van der Waals surface area (Å²) >= 11 is 3.29. The van der Waals surface area contributed by atoms with Gasteiger partial charge in [-0.1, -0.05) is 11.8 Å². The Kier molecular flexibility index (Phi) is 5.82. The van der Waals surface area contributed by atoms with Crippen molar-refractivity contribution in [3.05, 3.63) is 41.0 Å². The molecule has 1 atom stereocenters. The predicted molar refractivity (Wildman–Crippen MR) is 116 cm³/mol. The summed E-state index contributed by atoms with van der Waals surface area (Å²) in [6, 6.07) is 7.45. The van der Waals surface area contributed by atoms with Gasteiger partial charge in [-0.15, -0.1) is 11.3 Å². The van der Waals surface area contributed by atoms with Crippen molar-refractivity contribution in [2.24, 2.45) is 0 Å². The van der Waals surface area contributed by atoms with Crippen LogP contribution in [0.2, 0.25) is 0 Å². The van der Waals surface area contributed by atoms with Crippen LogP contribution in [-0.4, -0.2) is 27.7 Å². The number of benzene rings is 1. The van der Waals surface area contributed by atoms with Crippen LogP contribution in [0.3, 0.4) is 0 Å². The van der Waals surface area contributed by atoms with Crippen LogP contribution in [0.4, 0.5) is 5.69 Å². The van der Waals surface area contributed by atoms with Gasteiger partial charge in [0.25, 0.3) is 0 Å². The molecule has 0 radical (unpaired) electrons. The molecule has 0 spiro atoms. The fraction of sp³-hybridized carbons (Fsp3) is 0.381. The largest absolute Gasteiger partial charge is 0.494 e. The van der Waals surface area contributed by atoms with Gasteiger partial charge in [0.1, 0.15) is 21.9 Å². The van der Waals surface area contributed by atoms with Gasteiger partial charge in [-0.25, -0.2) is 9.97 Å². The van der Waals surface area contributed by atoms with Crippen molar-refractivity contribution in [1.82, 2.24) is 9.97 Å². The first-order chi connectivity index (χ1) is 13.7. The number of rotatable bonds is 6. The van der Waals surface area contributed by atoms with Crippen molar-refractivity contribution in [2.75, 3.05) is 11.9 Å². The molecular weight excluding hydrogens is 390 g/mol. The van der Waals surface area contributed by atoms with Crippen molar-refractivity contribution >= 4 is 44.9 Å². The molecule has 5 nitrogen and oxygen atoms in total. The van der Waals surface area contributed by atoms with Gasteiger partial charge >= 0.3 is 0 Å². The molecule has 2 aromatic heterocycles. The quantitative estimate of drug-likeness (QED) is 0.450. The highest BCUT2D eigenvalue weighted by Gasteiger charge is 2.23. The highest BCUT2D eigenvalue weighted by atomic mass is 32.2. The topological polar surface area (TPSA) is 64.1 Å². The van der Waals surface area contributed by atoms with E-state index in [4.69, 9.17) is 4.74 Å². The van der Waals surface area contributed by atoms with Gasteiger partial charge in [0.05, 0.1) is 11.9 Å². The number of anilines is 1. The second-order valence-corrected chi connectivity index (χ2v) is 9.19. The van der Waals surface area contributed by atoms with Crippen LogP contribution in [0, 0.1) is 0 Å². The van der Waals surface area contributed by atoms with E-state index >= 15 is 0 Å². The summed E-state index contributed by atoms with van der Waals surface area (Å²) in [5, 5.41) is 4.79. The molecule has 1 aromatic carbocycles. The number of nitrogens with one attached hydrogen (secondary N) is 1. The second kappa shape index (κ2) is 8.49. The smallest absolute Gasteiger partial charge is 0.237 e. The number of hydrogen-bond acceptors (Lipinski definition) is 6. The van der Waals surface area contributed by atoms with Gasteiger partial charge in [0.2, 0.25) is 5.91 Å². The van der Waals surface area contributed by atoms with E-state index in [9.17, 15) is 4.79 Å². The molecule has 1 N–H and O–H groups in total. The average Bonchev–Trinajstić information content (AvgIpc) is 3.09. The molecule has 0 saturated carbocycles. The SMILES string of the molecule is CCOc1ccc(NC(=O)[C@@H](C)Sc2ncnc3sc4c(c23)CCCC4)cc1. The Morgan fingerprint density at radius 1 is 1.25 bits per heavy atom. The Balaban J connectivity index is 1.49. The van der Waals surface area contributed by atoms with Crippen LogP contribution in [0.1, 0.15) is 37.1 Å². The summed E-state index contributed by atoms with van der Waals surface area (Å²) in [5.74, 6) is 0.763. The van der Waals surface area contributed by atoms with Crippen LogP contribution < -0.4 is 10.1 Å². The number of thioether (sulfide) groups is 1. The number of amides is 1. The number of carbonyl (C=O) groups is 1. The Bertz CT molecular complexity index is 985. The molecule has 1 aliphatic carbocycles. The van der Waals surface area contributed by atoms with E-state index in [0.29, 0.717) is 6.61 Å². The summed E-state index contributed by atoms with van der Waals surface area (Å²) in [7, 11) is 0. The molecule has 28 heavy (non-hydrogen) atoms. The van der Waals surface area contributed by atoms with Gasteiger partial charge in [-0.05, 0) is 69.4 Å². The third-order valence-corrected chi connectivity index (χ3v) is 7.11. The molecule has 1 amide bonds. The molecule has 7 heteroatoms. The zero-order valence-corrected chi connectivity index (χ0v) is 17.7. The van der Waals surface area contributed by atoms with Crippen LogP contribution in [0.5, 0.6) is 5.75 Å². The van der Waals surface area contributed by atoms with E-state index in [1.54, 1.807) is 17.7 Å². The molecular formula is C21H23N3O2S2. The van der Waals surface area contributed by atoms with E-state index in [0.717, 1.165) is 39.5 Å². The van der Waals surface area contributed by atoms with E-state index in [-0.39, 0.29) is 11.2 Å². The van der Waals surface area contributed by atoms with Crippen LogP contribution in [-0.2, 0) is 17.6 Å². The lowest BCUT2D eigenvalue weighted by Gasteiger charge is -2.14.